The van der Waals surface area contributed by atoms with Gasteiger partial charge in [-0.15, -0.1) is 0 Å². The normalized spacial score (nSPS) is 9.93. The van der Waals surface area contributed by atoms with Gasteiger partial charge in [0, 0.05) is 25.9 Å². The molecule has 0 aliphatic carbocycles. The number of nitrogens with zero attached hydrogens (tertiary/aromatic N) is 2. The van der Waals surface area contributed by atoms with Crippen LogP contribution in [0.5, 0.6) is 0 Å². The highest BCUT2D eigenvalue weighted by atomic mass is 16.2. The van der Waals surface area contributed by atoms with Crippen LogP contribution >= 0.6 is 0 Å². The van der Waals surface area contributed by atoms with E-state index in [0.717, 1.165) is 5.57 Å². The van der Waals surface area contributed by atoms with Gasteiger partial charge in [0.2, 0.25) is 0 Å². The Hall–Kier alpha value is -1.58. The summed E-state index contributed by atoms with van der Waals surface area (Å²) in [5.41, 5.74) is 0.545. The standard InChI is InChI=1S/C10H14N2O2/c1-8(2)4-7-12-9(13)5-6-11(3)10(12)14/h4-6H,7H2,1-3H3. The third kappa shape index (κ3) is 2.22. The molecule has 14 heavy (non-hydrogen) atoms. The second kappa shape index (κ2) is 4.09. The zero-order valence-corrected chi connectivity index (χ0v) is 8.65. The van der Waals surface area contributed by atoms with Gasteiger partial charge in [-0.2, -0.15) is 0 Å². The van der Waals surface area contributed by atoms with Gasteiger partial charge < -0.3 is 4.57 Å². The zero-order valence-electron chi connectivity index (χ0n) is 8.65. The fourth-order valence-corrected chi connectivity index (χ4v) is 1.06. The van der Waals surface area contributed by atoms with Crippen molar-refractivity contribution in [2.45, 2.75) is 20.4 Å². The molecule has 1 heterocycles. The smallest absolute Gasteiger partial charge is 0.303 e. The molecule has 76 valence electrons. The van der Waals surface area contributed by atoms with Gasteiger partial charge in [-0.3, -0.25) is 9.36 Å². The van der Waals surface area contributed by atoms with E-state index in [4.69, 9.17) is 0 Å². The van der Waals surface area contributed by atoms with Crippen molar-refractivity contribution in [3.05, 3.63) is 44.8 Å². The summed E-state index contributed by atoms with van der Waals surface area (Å²) in [6, 6.07) is 1.39. The Balaban J connectivity index is 3.21. The van der Waals surface area contributed by atoms with E-state index in [1.807, 2.05) is 19.9 Å². The molecule has 4 heteroatoms. The molecule has 0 aliphatic heterocycles. The van der Waals surface area contributed by atoms with Gasteiger partial charge in [0.15, 0.2) is 0 Å². The Morgan fingerprint density at radius 3 is 2.64 bits per heavy atom. The fraction of sp³-hybridized carbons (Fsp3) is 0.400. The molecule has 1 aromatic rings. The van der Waals surface area contributed by atoms with Crippen LogP contribution in [0.25, 0.3) is 0 Å². The summed E-state index contributed by atoms with van der Waals surface area (Å²) in [5, 5.41) is 0. The molecule has 4 nitrogen and oxygen atoms in total. The van der Waals surface area contributed by atoms with Crippen LogP contribution in [0.4, 0.5) is 0 Å². The summed E-state index contributed by atoms with van der Waals surface area (Å²) < 4.78 is 2.59. The SMILES string of the molecule is CC(C)=CCn1c(=O)ccn(C)c1=O. The van der Waals surface area contributed by atoms with Crippen molar-refractivity contribution in [1.82, 2.24) is 9.13 Å². The molecule has 0 atom stereocenters. The van der Waals surface area contributed by atoms with Gasteiger partial charge in [0.25, 0.3) is 5.56 Å². The molecule has 1 rings (SSSR count). The minimum absolute atomic E-state index is 0.259. The lowest BCUT2D eigenvalue weighted by Gasteiger charge is -2.03. The van der Waals surface area contributed by atoms with Crippen molar-refractivity contribution in [2.75, 3.05) is 0 Å². The van der Waals surface area contributed by atoms with Gasteiger partial charge in [-0.25, -0.2) is 4.79 Å². The number of rotatable bonds is 2. The summed E-state index contributed by atoms with van der Waals surface area (Å²) >= 11 is 0. The van der Waals surface area contributed by atoms with Crippen LogP contribution in [0.2, 0.25) is 0 Å². The average molecular weight is 194 g/mol. The summed E-state index contributed by atoms with van der Waals surface area (Å²) in [4.78, 5) is 22.8. The molecule has 0 spiro atoms. The average Bonchev–Trinajstić information content (AvgIpc) is 2.11. The first kappa shape index (κ1) is 10.5. The van der Waals surface area contributed by atoms with Crippen molar-refractivity contribution < 1.29 is 0 Å². The molecule has 0 aliphatic rings. The van der Waals surface area contributed by atoms with Crippen molar-refractivity contribution in [2.24, 2.45) is 7.05 Å². The van der Waals surface area contributed by atoms with Crippen LogP contribution in [0.15, 0.2) is 33.5 Å². The van der Waals surface area contributed by atoms with Gasteiger partial charge in [-0.05, 0) is 13.8 Å². The molecule has 0 radical (unpaired) electrons. The third-order valence-electron chi connectivity index (χ3n) is 1.92. The number of aromatic nitrogens is 2. The maximum absolute atomic E-state index is 11.5. The molecular weight excluding hydrogens is 180 g/mol. The predicted molar refractivity (Wildman–Crippen MR) is 55.4 cm³/mol. The number of allylic oxidation sites excluding steroid dienone is 2. The van der Waals surface area contributed by atoms with Crippen molar-refractivity contribution in [3.8, 4) is 0 Å². The minimum Gasteiger partial charge on any atom is -0.303 e. The van der Waals surface area contributed by atoms with Crippen LogP contribution in [-0.2, 0) is 13.6 Å². The lowest BCUT2D eigenvalue weighted by atomic mass is 10.3. The molecule has 0 aromatic carbocycles. The lowest BCUT2D eigenvalue weighted by molar-refractivity contribution is 0.647. The highest BCUT2D eigenvalue weighted by Gasteiger charge is 1.99. The summed E-state index contributed by atoms with van der Waals surface area (Å²) in [6.45, 7) is 4.20. The van der Waals surface area contributed by atoms with E-state index < -0.39 is 0 Å². The first-order chi connectivity index (χ1) is 6.52. The lowest BCUT2D eigenvalue weighted by Crippen LogP contribution is -2.37. The molecule has 0 saturated carbocycles. The summed E-state index contributed by atoms with van der Waals surface area (Å²) in [5.74, 6) is 0. The van der Waals surface area contributed by atoms with Crippen molar-refractivity contribution >= 4 is 0 Å². The Morgan fingerprint density at radius 2 is 2.07 bits per heavy atom. The van der Waals surface area contributed by atoms with Crippen LogP contribution in [0.1, 0.15) is 13.8 Å². The van der Waals surface area contributed by atoms with E-state index in [9.17, 15) is 9.59 Å². The number of hydrogen-bond donors (Lipinski definition) is 0. The van der Waals surface area contributed by atoms with Gasteiger partial charge in [-0.1, -0.05) is 11.6 Å². The topological polar surface area (TPSA) is 44.0 Å². The maximum atomic E-state index is 11.5. The van der Waals surface area contributed by atoms with Crippen LogP contribution in [-0.4, -0.2) is 9.13 Å². The largest absolute Gasteiger partial charge is 0.330 e. The fourth-order valence-electron chi connectivity index (χ4n) is 1.06. The molecular formula is C10H14N2O2. The predicted octanol–water partition coefficient (Wildman–Crippen LogP) is 0.513. The molecule has 0 unspecified atom stereocenters. The van der Waals surface area contributed by atoms with E-state index in [1.165, 1.54) is 21.4 Å². The molecule has 1 aromatic heterocycles. The van der Waals surface area contributed by atoms with Crippen LogP contribution < -0.4 is 11.2 Å². The highest BCUT2D eigenvalue weighted by Crippen LogP contribution is 1.88. The number of aryl methyl sites for hydroxylation is 1. The van der Waals surface area contributed by atoms with Gasteiger partial charge in [0.05, 0.1) is 0 Å². The molecule has 0 fully saturated rings. The molecule has 0 N–H and O–H groups in total. The third-order valence-corrected chi connectivity index (χ3v) is 1.92. The van der Waals surface area contributed by atoms with Crippen molar-refractivity contribution in [1.29, 1.82) is 0 Å². The number of hydrogen-bond acceptors (Lipinski definition) is 2. The second-order valence-corrected chi connectivity index (χ2v) is 3.44. The Morgan fingerprint density at radius 1 is 1.43 bits per heavy atom. The molecule has 0 bridgehead atoms. The first-order valence-corrected chi connectivity index (χ1v) is 4.42. The van der Waals surface area contributed by atoms with Gasteiger partial charge >= 0.3 is 5.69 Å². The molecule has 0 amide bonds. The Bertz CT molecular complexity index is 462. The first-order valence-electron chi connectivity index (χ1n) is 4.42. The summed E-state index contributed by atoms with van der Waals surface area (Å²) in [6.07, 6.45) is 3.33. The van der Waals surface area contributed by atoms with E-state index in [1.54, 1.807) is 7.05 Å². The minimum atomic E-state index is -0.282. The van der Waals surface area contributed by atoms with Crippen molar-refractivity contribution in [3.63, 3.8) is 0 Å². The van der Waals surface area contributed by atoms with Gasteiger partial charge in [0.1, 0.15) is 0 Å². The second-order valence-electron chi connectivity index (χ2n) is 3.44. The Kier molecular flexibility index (Phi) is 3.06. The monoisotopic (exact) mass is 194 g/mol. The maximum Gasteiger partial charge on any atom is 0.330 e. The van der Waals surface area contributed by atoms with E-state index in [2.05, 4.69) is 0 Å². The zero-order chi connectivity index (χ0) is 10.7. The summed E-state index contributed by atoms with van der Waals surface area (Å²) in [7, 11) is 1.63. The highest BCUT2D eigenvalue weighted by molar-refractivity contribution is 4.95. The quantitative estimate of drug-likeness (QED) is 0.644. The van der Waals surface area contributed by atoms with E-state index in [-0.39, 0.29) is 11.2 Å². The van der Waals surface area contributed by atoms with E-state index in [0.29, 0.717) is 6.54 Å². The van der Waals surface area contributed by atoms with Crippen LogP contribution in [0, 0.1) is 0 Å². The van der Waals surface area contributed by atoms with Crippen LogP contribution in [0.3, 0.4) is 0 Å². The Labute approximate surface area is 82.1 Å². The van der Waals surface area contributed by atoms with E-state index >= 15 is 0 Å². The molecule has 0 saturated heterocycles.